The zero-order valence-corrected chi connectivity index (χ0v) is 12.4. The first-order valence-corrected chi connectivity index (χ1v) is 7.89. The van der Waals surface area contributed by atoms with E-state index < -0.39 is 5.97 Å². The third kappa shape index (κ3) is 3.02. The van der Waals surface area contributed by atoms with Gasteiger partial charge in [0.15, 0.2) is 0 Å². The zero-order valence-electron chi connectivity index (χ0n) is 11.6. The van der Waals surface area contributed by atoms with Crippen LogP contribution in [0.25, 0.3) is 10.1 Å². The van der Waals surface area contributed by atoms with Crippen molar-refractivity contribution in [1.82, 2.24) is 4.90 Å². The number of carboxylic acids is 1. The van der Waals surface area contributed by atoms with Crippen LogP contribution in [0.2, 0.25) is 0 Å². The number of nitrogens with zero attached hydrogens (tertiary/aromatic N) is 1. The van der Waals surface area contributed by atoms with Crippen molar-refractivity contribution < 1.29 is 9.90 Å². The lowest BCUT2D eigenvalue weighted by Crippen LogP contribution is -2.33. The third-order valence-corrected chi connectivity index (χ3v) is 5.22. The number of fused-ring (bicyclic) bond motifs is 1. The SMILES string of the molecule is CC(c1cc2ccccc2s1)N(CC(=O)O)CC1CC1. The van der Waals surface area contributed by atoms with Gasteiger partial charge in [-0.15, -0.1) is 11.3 Å². The summed E-state index contributed by atoms with van der Waals surface area (Å²) >= 11 is 1.77. The Balaban J connectivity index is 1.82. The van der Waals surface area contributed by atoms with Gasteiger partial charge < -0.3 is 5.11 Å². The van der Waals surface area contributed by atoms with Crippen LogP contribution in [0.15, 0.2) is 30.3 Å². The van der Waals surface area contributed by atoms with Gasteiger partial charge >= 0.3 is 5.97 Å². The summed E-state index contributed by atoms with van der Waals surface area (Å²) in [6, 6.07) is 10.7. The minimum atomic E-state index is -0.737. The van der Waals surface area contributed by atoms with Crippen LogP contribution in [-0.2, 0) is 4.79 Å². The van der Waals surface area contributed by atoms with Crippen LogP contribution in [0.5, 0.6) is 0 Å². The second-order valence-electron chi connectivity index (χ2n) is 5.63. The molecule has 1 N–H and O–H groups in total. The van der Waals surface area contributed by atoms with Gasteiger partial charge in [0, 0.05) is 22.2 Å². The lowest BCUT2D eigenvalue weighted by molar-refractivity contribution is -0.138. The van der Waals surface area contributed by atoms with Gasteiger partial charge in [0.05, 0.1) is 6.54 Å². The van der Waals surface area contributed by atoms with E-state index in [1.54, 1.807) is 11.3 Å². The molecule has 1 heterocycles. The number of thiophene rings is 1. The molecule has 1 aromatic carbocycles. The molecule has 1 aliphatic rings. The maximum atomic E-state index is 11.1. The van der Waals surface area contributed by atoms with Crippen LogP contribution in [0.4, 0.5) is 0 Å². The van der Waals surface area contributed by atoms with Gasteiger partial charge in [0.2, 0.25) is 0 Å². The van der Waals surface area contributed by atoms with Crippen molar-refractivity contribution in [2.24, 2.45) is 5.92 Å². The molecule has 4 heteroatoms. The summed E-state index contributed by atoms with van der Waals surface area (Å²) in [5.41, 5.74) is 0. The summed E-state index contributed by atoms with van der Waals surface area (Å²) in [4.78, 5) is 14.4. The molecule has 0 spiro atoms. The number of hydrogen-bond acceptors (Lipinski definition) is 3. The molecule has 0 amide bonds. The molecular formula is C16H19NO2S. The Morgan fingerprint density at radius 2 is 2.20 bits per heavy atom. The van der Waals surface area contributed by atoms with Gasteiger partial charge in [-0.3, -0.25) is 9.69 Å². The fourth-order valence-electron chi connectivity index (χ4n) is 2.55. The van der Waals surface area contributed by atoms with Gasteiger partial charge in [-0.2, -0.15) is 0 Å². The molecule has 1 atom stereocenters. The molecule has 1 aliphatic carbocycles. The van der Waals surface area contributed by atoms with Gasteiger partial charge in [-0.25, -0.2) is 0 Å². The van der Waals surface area contributed by atoms with E-state index in [4.69, 9.17) is 5.11 Å². The highest BCUT2D eigenvalue weighted by molar-refractivity contribution is 7.19. The van der Waals surface area contributed by atoms with Crippen LogP contribution in [0, 0.1) is 5.92 Å². The fraction of sp³-hybridized carbons (Fsp3) is 0.438. The highest BCUT2D eigenvalue weighted by Gasteiger charge is 2.28. The Bertz CT molecular complexity index is 585. The van der Waals surface area contributed by atoms with Crippen molar-refractivity contribution in [3.05, 3.63) is 35.2 Å². The highest BCUT2D eigenvalue weighted by Crippen LogP contribution is 2.36. The summed E-state index contributed by atoms with van der Waals surface area (Å²) in [6.07, 6.45) is 2.49. The molecule has 1 unspecified atom stereocenters. The number of carbonyl (C=O) groups is 1. The average molecular weight is 289 g/mol. The van der Waals surface area contributed by atoms with Crippen LogP contribution >= 0.6 is 11.3 Å². The van der Waals surface area contributed by atoms with Crippen LogP contribution in [0.3, 0.4) is 0 Å². The predicted molar refractivity (Wildman–Crippen MR) is 82.2 cm³/mol. The van der Waals surface area contributed by atoms with Crippen LogP contribution < -0.4 is 0 Å². The fourth-order valence-corrected chi connectivity index (χ4v) is 3.70. The minimum Gasteiger partial charge on any atom is -0.480 e. The average Bonchev–Trinajstić information content (AvgIpc) is 3.12. The number of hydrogen-bond donors (Lipinski definition) is 1. The molecule has 0 radical (unpaired) electrons. The van der Waals surface area contributed by atoms with Crippen molar-refractivity contribution in [2.75, 3.05) is 13.1 Å². The maximum Gasteiger partial charge on any atom is 0.317 e. The normalized spacial score (nSPS) is 16.7. The lowest BCUT2D eigenvalue weighted by Gasteiger charge is -2.26. The quantitative estimate of drug-likeness (QED) is 0.880. The molecule has 1 saturated carbocycles. The Morgan fingerprint density at radius 1 is 1.45 bits per heavy atom. The number of benzene rings is 1. The van der Waals surface area contributed by atoms with Gasteiger partial charge in [-0.05, 0) is 43.2 Å². The van der Waals surface area contributed by atoms with Crippen molar-refractivity contribution >= 4 is 27.4 Å². The molecular weight excluding hydrogens is 270 g/mol. The van der Waals surface area contributed by atoms with Gasteiger partial charge in [0.1, 0.15) is 0 Å². The van der Waals surface area contributed by atoms with E-state index in [0.717, 1.165) is 6.54 Å². The summed E-state index contributed by atoms with van der Waals surface area (Å²) in [7, 11) is 0. The molecule has 1 fully saturated rings. The molecule has 3 rings (SSSR count). The third-order valence-electron chi connectivity index (χ3n) is 3.93. The highest BCUT2D eigenvalue weighted by atomic mass is 32.1. The topological polar surface area (TPSA) is 40.5 Å². The van der Waals surface area contributed by atoms with Crippen molar-refractivity contribution in [3.63, 3.8) is 0 Å². The van der Waals surface area contributed by atoms with Crippen LogP contribution in [-0.4, -0.2) is 29.1 Å². The van der Waals surface area contributed by atoms with Crippen molar-refractivity contribution in [2.45, 2.75) is 25.8 Å². The van der Waals surface area contributed by atoms with E-state index in [-0.39, 0.29) is 12.6 Å². The number of aliphatic carboxylic acids is 1. The zero-order chi connectivity index (χ0) is 14.1. The number of carboxylic acid groups (broad SMARTS) is 1. The van der Waals surface area contributed by atoms with E-state index in [2.05, 4.69) is 30.0 Å². The monoisotopic (exact) mass is 289 g/mol. The molecule has 2 aromatic rings. The molecule has 3 nitrogen and oxygen atoms in total. The summed E-state index contributed by atoms with van der Waals surface area (Å²) in [5, 5.41) is 10.4. The Hall–Kier alpha value is -1.39. The van der Waals surface area contributed by atoms with E-state index in [1.165, 1.54) is 27.8 Å². The largest absolute Gasteiger partial charge is 0.480 e. The molecule has 0 aliphatic heterocycles. The standard InChI is InChI=1S/C16H19NO2S/c1-11(17(10-16(18)19)9-12-6-7-12)15-8-13-4-2-3-5-14(13)20-15/h2-5,8,11-12H,6-7,9-10H2,1H3,(H,18,19). The van der Waals surface area contributed by atoms with Crippen molar-refractivity contribution in [1.29, 1.82) is 0 Å². The molecule has 0 bridgehead atoms. The summed E-state index contributed by atoms with van der Waals surface area (Å²) in [6.45, 7) is 3.16. The molecule has 1 aromatic heterocycles. The Labute approximate surface area is 122 Å². The van der Waals surface area contributed by atoms with Crippen molar-refractivity contribution in [3.8, 4) is 0 Å². The second-order valence-corrected chi connectivity index (χ2v) is 6.74. The van der Waals surface area contributed by atoms with E-state index in [0.29, 0.717) is 5.92 Å². The number of rotatable bonds is 6. The van der Waals surface area contributed by atoms with Gasteiger partial charge in [0.25, 0.3) is 0 Å². The molecule has 106 valence electrons. The second kappa shape index (κ2) is 5.54. The molecule has 20 heavy (non-hydrogen) atoms. The van der Waals surface area contributed by atoms with E-state index in [1.807, 2.05) is 12.1 Å². The summed E-state index contributed by atoms with van der Waals surface area (Å²) < 4.78 is 1.27. The van der Waals surface area contributed by atoms with Crippen LogP contribution in [0.1, 0.15) is 30.7 Å². The first-order valence-electron chi connectivity index (χ1n) is 7.08. The minimum absolute atomic E-state index is 0.131. The lowest BCUT2D eigenvalue weighted by atomic mass is 10.2. The Kier molecular flexibility index (Phi) is 3.76. The maximum absolute atomic E-state index is 11.1. The first-order chi connectivity index (χ1) is 9.63. The van der Waals surface area contributed by atoms with E-state index in [9.17, 15) is 4.79 Å². The summed E-state index contributed by atoms with van der Waals surface area (Å²) in [5.74, 6) is -0.0372. The smallest absolute Gasteiger partial charge is 0.317 e. The predicted octanol–water partition coefficient (Wildman–Crippen LogP) is 3.76. The Morgan fingerprint density at radius 3 is 2.85 bits per heavy atom. The van der Waals surface area contributed by atoms with Gasteiger partial charge in [-0.1, -0.05) is 18.2 Å². The van der Waals surface area contributed by atoms with E-state index >= 15 is 0 Å². The first kappa shape index (κ1) is 13.6. The molecule has 0 saturated heterocycles.